The number of carbonyl (C=O) groups excluding carboxylic acids is 1. The number of anilines is 1. The maximum absolute atomic E-state index is 13.1. The molecule has 3 rings (SSSR count). The predicted octanol–water partition coefficient (Wildman–Crippen LogP) is 2.19. The van der Waals surface area contributed by atoms with E-state index in [-0.39, 0.29) is 11.8 Å². The van der Waals surface area contributed by atoms with Crippen molar-refractivity contribution in [2.75, 3.05) is 18.0 Å². The first-order valence-electron chi connectivity index (χ1n) is 9.14. The third kappa shape index (κ3) is 4.61. The quantitative estimate of drug-likeness (QED) is 0.841. The van der Waals surface area contributed by atoms with Crippen molar-refractivity contribution in [1.29, 1.82) is 0 Å². The zero-order chi connectivity index (χ0) is 19.2. The van der Waals surface area contributed by atoms with Crippen LogP contribution in [-0.2, 0) is 16.1 Å². The third-order valence-electron chi connectivity index (χ3n) is 5.02. The second-order valence-electron chi connectivity index (χ2n) is 6.79. The topological polar surface area (TPSA) is 86.6 Å². The van der Waals surface area contributed by atoms with Crippen LogP contribution >= 0.6 is 0 Å². The number of piperidine rings is 1. The summed E-state index contributed by atoms with van der Waals surface area (Å²) in [4.78, 5) is 36.6. The van der Waals surface area contributed by atoms with E-state index in [1.807, 2.05) is 30.3 Å². The summed E-state index contributed by atoms with van der Waals surface area (Å²) in [5.74, 6) is -0.448. The molecular formula is C20H24N4O3. The molecule has 7 heteroatoms. The fraction of sp³-hybridized carbons (Fsp3) is 0.400. The Labute approximate surface area is 158 Å². The summed E-state index contributed by atoms with van der Waals surface area (Å²) >= 11 is 0. The van der Waals surface area contributed by atoms with Gasteiger partial charge in [-0.3, -0.25) is 9.78 Å². The molecule has 2 heterocycles. The van der Waals surface area contributed by atoms with E-state index in [2.05, 4.69) is 14.9 Å². The summed E-state index contributed by atoms with van der Waals surface area (Å²) < 4.78 is 0. The highest BCUT2D eigenvalue weighted by molar-refractivity contribution is 5.85. The standard InChI is InChI=1S/C20H24N4O3/c1-15(20(26)27)24(14-16-5-3-2-4-6-16)19(25)17-7-11-23(12-8-17)18-13-21-9-10-22-18/h2-6,9-10,13,15,17H,7-8,11-12,14H2,1H3,(H,26,27). The normalized spacial score (nSPS) is 16.0. The number of amides is 1. The van der Waals surface area contributed by atoms with Gasteiger partial charge in [0.2, 0.25) is 5.91 Å². The van der Waals surface area contributed by atoms with Gasteiger partial charge in [-0.25, -0.2) is 9.78 Å². The van der Waals surface area contributed by atoms with Crippen LogP contribution in [0.3, 0.4) is 0 Å². The largest absolute Gasteiger partial charge is 0.480 e. The molecule has 1 aromatic heterocycles. The molecule has 0 spiro atoms. The summed E-state index contributed by atoms with van der Waals surface area (Å²) in [7, 11) is 0. The van der Waals surface area contributed by atoms with Crippen molar-refractivity contribution in [2.45, 2.75) is 32.4 Å². The number of aromatic nitrogens is 2. The van der Waals surface area contributed by atoms with Crippen LogP contribution in [-0.4, -0.2) is 51.0 Å². The third-order valence-corrected chi connectivity index (χ3v) is 5.02. The number of hydrogen-bond acceptors (Lipinski definition) is 5. The lowest BCUT2D eigenvalue weighted by Gasteiger charge is -2.36. The lowest BCUT2D eigenvalue weighted by atomic mass is 9.94. The molecule has 0 saturated carbocycles. The average Bonchev–Trinajstić information content (AvgIpc) is 2.72. The minimum Gasteiger partial charge on any atom is -0.480 e. The SMILES string of the molecule is CC(C(=O)O)N(Cc1ccccc1)C(=O)C1CCN(c2cnccn2)CC1. The molecular weight excluding hydrogens is 344 g/mol. The van der Waals surface area contributed by atoms with E-state index in [4.69, 9.17) is 0 Å². The van der Waals surface area contributed by atoms with Gasteiger partial charge in [-0.05, 0) is 25.3 Å². The molecule has 1 saturated heterocycles. The number of carboxylic acid groups (broad SMARTS) is 1. The van der Waals surface area contributed by atoms with Gasteiger partial charge < -0.3 is 14.9 Å². The van der Waals surface area contributed by atoms with E-state index in [9.17, 15) is 14.7 Å². The van der Waals surface area contributed by atoms with Crippen molar-refractivity contribution >= 4 is 17.7 Å². The molecule has 1 amide bonds. The summed E-state index contributed by atoms with van der Waals surface area (Å²) in [6.07, 6.45) is 6.35. The van der Waals surface area contributed by atoms with Gasteiger partial charge in [0, 0.05) is 37.9 Å². The van der Waals surface area contributed by atoms with Crippen molar-refractivity contribution in [1.82, 2.24) is 14.9 Å². The van der Waals surface area contributed by atoms with Gasteiger partial charge in [-0.1, -0.05) is 30.3 Å². The maximum atomic E-state index is 13.1. The first-order valence-corrected chi connectivity index (χ1v) is 9.14. The second kappa shape index (κ2) is 8.62. The van der Waals surface area contributed by atoms with Crippen LogP contribution in [0, 0.1) is 5.92 Å². The molecule has 0 bridgehead atoms. The highest BCUT2D eigenvalue weighted by Gasteiger charge is 2.33. The first kappa shape index (κ1) is 18.8. The summed E-state index contributed by atoms with van der Waals surface area (Å²) in [5.41, 5.74) is 0.927. The minimum atomic E-state index is -0.990. The summed E-state index contributed by atoms with van der Waals surface area (Å²) in [5, 5.41) is 9.45. The fourth-order valence-electron chi connectivity index (χ4n) is 3.36. The Morgan fingerprint density at radius 3 is 2.52 bits per heavy atom. The van der Waals surface area contributed by atoms with Crippen LogP contribution < -0.4 is 4.90 Å². The van der Waals surface area contributed by atoms with Crippen LogP contribution in [0.25, 0.3) is 0 Å². The lowest BCUT2D eigenvalue weighted by Crippen LogP contribution is -2.48. The van der Waals surface area contributed by atoms with Crippen molar-refractivity contribution in [3.05, 3.63) is 54.5 Å². The van der Waals surface area contributed by atoms with Gasteiger partial charge in [0.15, 0.2) is 0 Å². The van der Waals surface area contributed by atoms with E-state index in [0.29, 0.717) is 32.5 Å². The number of rotatable bonds is 6. The number of hydrogen-bond donors (Lipinski definition) is 1. The Bertz CT molecular complexity index is 761. The number of aliphatic carboxylic acids is 1. The second-order valence-corrected chi connectivity index (χ2v) is 6.79. The van der Waals surface area contributed by atoms with E-state index < -0.39 is 12.0 Å². The van der Waals surface area contributed by atoms with Crippen molar-refractivity contribution in [3.8, 4) is 0 Å². The highest BCUT2D eigenvalue weighted by Crippen LogP contribution is 2.24. The zero-order valence-electron chi connectivity index (χ0n) is 15.4. The van der Waals surface area contributed by atoms with E-state index >= 15 is 0 Å². The lowest BCUT2D eigenvalue weighted by molar-refractivity contribution is -0.152. The van der Waals surface area contributed by atoms with Gasteiger partial charge in [-0.2, -0.15) is 0 Å². The molecule has 2 aromatic rings. The van der Waals surface area contributed by atoms with Crippen LogP contribution in [0.15, 0.2) is 48.9 Å². The molecule has 1 N–H and O–H groups in total. The molecule has 1 aromatic carbocycles. The van der Waals surface area contributed by atoms with Crippen molar-refractivity contribution in [3.63, 3.8) is 0 Å². The summed E-state index contributed by atoms with van der Waals surface area (Å²) in [6.45, 7) is 3.28. The van der Waals surface area contributed by atoms with Crippen molar-refractivity contribution < 1.29 is 14.7 Å². The van der Waals surface area contributed by atoms with Crippen LogP contribution in [0.1, 0.15) is 25.3 Å². The van der Waals surface area contributed by atoms with Gasteiger partial charge in [0.1, 0.15) is 11.9 Å². The predicted molar refractivity (Wildman–Crippen MR) is 101 cm³/mol. The first-order chi connectivity index (χ1) is 13.1. The summed E-state index contributed by atoms with van der Waals surface area (Å²) in [6, 6.07) is 8.64. The Balaban J connectivity index is 1.68. The molecule has 1 atom stereocenters. The zero-order valence-corrected chi connectivity index (χ0v) is 15.4. The molecule has 27 heavy (non-hydrogen) atoms. The number of carboxylic acids is 1. The minimum absolute atomic E-state index is 0.0902. The van der Waals surface area contributed by atoms with Gasteiger partial charge >= 0.3 is 5.97 Å². The monoisotopic (exact) mass is 368 g/mol. The fourth-order valence-corrected chi connectivity index (χ4v) is 3.36. The molecule has 142 valence electrons. The Hall–Kier alpha value is -2.96. The van der Waals surface area contributed by atoms with Gasteiger partial charge in [-0.15, -0.1) is 0 Å². The van der Waals surface area contributed by atoms with Gasteiger partial charge in [0.25, 0.3) is 0 Å². The highest BCUT2D eigenvalue weighted by atomic mass is 16.4. The van der Waals surface area contributed by atoms with Gasteiger partial charge in [0.05, 0.1) is 6.20 Å². The molecule has 1 unspecified atom stereocenters. The van der Waals surface area contributed by atoms with Crippen molar-refractivity contribution in [2.24, 2.45) is 5.92 Å². The number of benzene rings is 1. The van der Waals surface area contributed by atoms with E-state index in [1.165, 1.54) is 4.90 Å². The maximum Gasteiger partial charge on any atom is 0.326 e. The molecule has 7 nitrogen and oxygen atoms in total. The molecule has 0 radical (unpaired) electrons. The molecule has 0 aliphatic carbocycles. The Kier molecular flexibility index (Phi) is 6.01. The van der Waals surface area contributed by atoms with E-state index in [0.717, 1.165) is 11.4 Å². The number of nitrogens with zero attached hydrogens (tertiary/aromatic N) is 4. The van der Waals surface area contributed by atoms with Crippen LogP contribution in [0.2, 0.25) is 0 Å². The molecule has 1 aliphatic rings. The number of carbonyl (C=O) groups is 2. The smallest absolute Gasteiger partial charge is 0.326 e. The average molecular weight is 368 g/mol. The van der Waals surface area contributed by atoms with Crippen LogP contribution in [0.4, 0.5) is 5.82 Å². The molecule has 1 fully saturated rings. The van der Waals surface area contributed by atoms with Crippen LogP contribution in [0.5, 0.6) is 0 Å². The molecule has 1 aliphatic heterocycles. The Morgan fingerprint density at radius 2 is 1.93 bits per heavy atom. The Morgan fingerprint density at radius 1 is 1.22 bits per heavy atom. The van der Waals surface area contributed by atoms with E-state index in [1.54, 1.807) is 25.5 Å².